The Morgan fingerprint density at radius 1 is 1.19 bits per heavy atom. The van der Waals surface area contributed by atoms with E-state index in [9.17, 15) is 4.79 Å². The standard InChI is InChI=1S/C13H28N2O/c1-6-11(4)9-12(5)14-8-7-13(16)15-10(2)3/h10-12,14H,6-9H2,1-5H3,(H,15,16). The maximum atomic E-state index is 11.4. The highest BCUT2D eigenvalue weighted by molar-refractivity contribution is 5.76. The molecule has 3 heteroatoms. The molecule has 0 bridgehead atoms. The highest BCUT2D eigenvalue weighted by Gasteiger charge is 2.07. The fourth-order valence-corrected chi connectivity index (χ4v) is 1.68. The van der Waals surface area contributed by atoms with Crippen LogP contribution in [0.3, 0.4) is 0 Å². The van der Waals surface area contributed by atoms with Crippen molar-refractivity contribution in [1.29, 1.82) is 0 Å². The van der Waals surface area contributed by atoms with E-state index in [2.05, 4.69) is 31.4 Å². The Kier molecular flexibility index (Phi) is 8.26. The van der Waals surface area contributed by atoms with E-state index in [0.29, 0.717) is 12.5 Å². The molecule has 2 atom stereocenters. The first kappa shape index (κ1) is 15.4. The summed E-state index contributed by atoms with van der Waals surface area (Å²) < 4.78 is 0. The van der Waals surface area contributed by atoms with Gasteiger partial charge in [-0.1, -0.05) is 20.3 Å². The molecule has 2 N–H and O–H groups in total. The molecule has 0 aliphatic carbocycles. The summed E-state index contributed by atoms with van der Waals surface area (Å²) in [6, 6.07) is 0.742. The monoisotopic (exact) mass is 228 g/mol. The lowest BCUT2D eigenvalue weighted by molar-refractivity contribution is -0.121. The summed E-state index contributed by atoms with van der Waals surface area (Å²) in [5.41, 5.74) is 0. The van der Waals surface area contributed by atoms with Crippen LogP contribution in [0.1, 0.15) is 53.9 Å². The van der Waals surface area contributed by atoms with Gasteiger partial charge >= 0.3 is 0 Å². The van der Waals surface area contributed by atoms with Gasteiger partial charge in [0.15, 0.2) is 0 Å². The molecule has 0 saturated heterocycles. The molecule has 0 aromatic carbocycles. The first-order valence-electron chi connectivity index (χ1n) is 6.48. The van der Waals surface area contributed by atoms with Gasteiger partial charge in [0.2, 0.25) is 5.91 Å². The van der Waals surface area contributed by atoms with Crippen molar-refractivity contribution in [3.63, 3.8) is 0 Å². The van der Waals surface area contributed by atoms with Gasteiger partial charge in [0, 0.05) is 25.0 Å². The SMILES string of the molecule is CCC(C)CC(C)NCCC(=O)NC(C)C. The Bertz CT molecular complexity index is 192. The topological polar surface area (TPSA) is 41.1 Å². The van der Waals surface area contributed by atoms with E-state index in [0.717, 1.165) is 12.5 Å². The fraction of sp³-hybridized carbons (Fsp3) is 0.923. The minimum Gasteiger partial charge on any atom is -0.354 e. The number of amides is 1. The molecule has 0 aliphatic heterocycles. The van der Waals surface area contributed by atoms with Crippen LogP contribution in [0.15, 0.2) is 0 Å². The number of carbonyl (C=O) groups is 1. The number of hydrogen-bond acceptors (Lipinski definition) is 2. The molecule has 0 saturated carbocycles. The number of nitrogens with one attached hydrogen (secondary N) is 2. The lowest BCUT2D eigenvalue weighted by Crippen LogP contribution is -2.35. The van der Waals surface area contributed by atoms with Crippen molar-refractivity contribution in [3.05, 3.63) is 0 Å². The zero-order chi connectivity index (χ0) is 12.6. The molecule has 3 nitrogen and oxygen atoms in total. The Morgan fingerprint density at radius 3 is 2.31 bits per heavy atom. The maximum absolute atomic E-state index is 11.4. The van der Waals surface area contributed by atoms with E-state index < -0.39 is 0 Å². The van der Waals surface area contributed by atoms with Crippen LogP contribution in [0, 0.1) is 5.92 Å². The molecule has 1 amide bonds. The van der Waals surface area contributed by atoms with E-state index in [1.54, 1.807) is 0 Å². The predicted octanol–water partition coefficient (Wildman–Crippen LogP) is 2.32. The maximum Gasteiger partial charge on any atom is 0.221 e. The highest BCUT2D eigenvalue weighted by atomic mass is 16.1. The van der Waals surface area contributed by atoms with Crippen molar-refractivity contribution in [2.45, 2.75) is 66.0 Å². The third-order valence-corrected chi connectivity index (χ3v) is 2.75. The van der Waals surface area contributed by atoms with Gasteiger partial charge in [0.1, 0.15) is 0 Å². The Labute approximate surface area is 100 Å². The Balaban J connectivity index is 3.54. The molecular weight excluding hydrogens is 200 g/mol. The van der Waals surface area contributed by atoms with Crippen molar-refractivity contribution in [2.75, 3.05) is 6.54 Å². The summed E-state index contributed by atoms with van der Waals surface area (Å²) in [5.74, 6) is 0.894. The van der Waals surface area contributed by atoms with Crippen molar-refractivity contribution in [3.8, 4) is 0 Å². The minimum absolute atomic E-state index is 0.137. The minimum atomic E-state index is 0.137. The van der Waals surface area contributed by atoms with Crippen molar-refractivity contribution >= 4 is 5.91 Å². The zero-order valence-corrected chi connectivity index (χ0v) is 11.5. The molecule has 0 heterocycles. The van der Waals surface area contributed by atoms with Crippen LogP contribution in [-0.2, 0) is 4.79 Å². The fourth-order valence-electron chi connectivity index (χ4n) is 1.68. The Hall–Kier alpha value is -0.570. The van der Waals surface area contributed by atoms with Crippen molar-refractivity contribution < 1.29 is 4.79 Å². The molecule has 0 aliphatic rings. The third kappa shape index (κ3) is 8.72. The largest absolute Gasteiger partial charge is 0.354 e. The molecule has 0 fully saturated rings. The van der Waals surface area contributed by atoms with Gasteiger partial charge in [-0.15, -0.1) is 0 Å². The van der Waals surface area contributed by atoms with E-state index in [1.165, 1.54) is 12.8 Å². The van der Waals surface area contributed by atoms with Crippen LogP contribution in [0.2, 0.25) is 0 Å². The van der Waals surface area contributed by atoms with E-state index >= 15 is 0 Å². The van der Waals surface area contributed by atoms with E-state index in [1.807, 2.05) is 13.8 Å². The van der Waals surface area contributed by atoms with Gasteiger partial charge in [0.25, 0.3) is 0 Å². The molecule has 0 aromatic heterocycles. The van der Waals surface area contributed by atoms with Crippen molar-refractivity contribution in [1.82, 2.24) is 10.6 Å². The molecule has 96 valence electrons. The van der Waals surface area contributed by atoms with Gasteiger partial charge in [-0.3, -0.25) is 4.79 Å². The summed E-state index contributed by atoms with van der Waals surface area (Å²) in [7, 11) is 0. The summed E-state index contributed by atoms with van der Waals surface area (Å²) in [4.78, 5) is 11.4. The summed E-state index contributed by atoms with van der Waals surface area (Å²) >= 11 is 0. The highest BCUT2D eigenvalue weighted by Crippen LogP contribution is 2.09. The average Bonchev–Trinajstić information content (AvgIpc) is 2.16. The molecule has 0 radical (unpaired) electrons. The van der Waals surface area contributed by atoms with Crippen LogP contribution in [0.4, 0.5) is 0 Å². The quantitative estimate of drug-likeness (QED) is 0.669. The summed E-state index contributed by atoms with van der Waals surface area (Å²) in [6.07, 6.45) is 2.98. The van der Waals surface area contributed by atoms with Crippen LogP contribution in [0.25, 0.3) is 0 Å². The molecule has 0 rings (SSSR count). The van der Waals surface area contributed by atoms with Crippen molar-refractivity contribution in [2.24, 2.45) is 5.92 Å². The van der Waals surface area contributed by atoms with E-state index in [4.69, 9.17) is 0 Å². The van der Waals surface area contributed by atoms with Gasteiger partial charge in [-0.25, -0.2) is 0 Å². The summed E-state index contributed by atoms with van der Waals surface area (Å²) in [5, 5.41) is 6.28. The van der Waals surface area contributed by atoms with Crippen LogP contribution < -0.4 is 10.6 Å². The lowest BCUT2D eigenvalue weighted by Gasteiger charge is -2.17. The third-order valence-electron chi connectivity index (χ3n) is 2.75. The van der Waals surface area contributed by atoms with E-state index in [-0.39, 0.29) is 11.9 Å². The van der Waals surface area contributed by atoms with Gasteiger partial charge in [-0.05, 0) is 33.1 Å². The molecule has 2 unspecified atom stereocenters. The zero-order valence-electron chi connectivity index (χ0n) is 11.5. The second kappa shape index (κ2) is 8.57. The molecule has 0 spiro atoms. The van der Waals surface area contributed by atoms with Gasteiger partial charge < -0.3 is 10.6 Å². The van der Waals surface area contributed by atoms with Crippen LogP contribution in [-0.4, -0.2) is 24.5 Å². The summed E-state index contributed by atoms with van der Waals surface area (Å²) in [6.45, 7) is 11.4. The Morgan fingerprint density at radius 2 is 1.81 bits per heavy atom. The number of rotatable bonds is 8. The smallest absolute Gasteiger partial charge is 0.221 e. The lowest BCUT2D eigenvalue weighted by atomic mass is 10.0. The van der Waals surface area contributed by atoms with Gasteiger partial charge in [0.05, 0.1) is 0 Å². The molecule has 0 aromatic rings. The molecule has 16 heavy (non-hydrogen) atoms. The second-order valence-corrected chi connectivity index (χ2v) is 5.08. The predicted molar refractivity (Wildman–Crippen MR) is 69.4 cm³/mol. The first-order valence-corrected chi connectivity index (χ1v) is 6.48. The number of hydrogen-bond donors (Lipinski definition) is 2. The van der Waals surface area contributed by atoms with Crippen LogP contribution >= 0.6 is 0 Å². The van der Waals surface area contributed by atoms with Gasteiger partial charge in [-0.2, -0.15) is 0 Å². The second-order valence-electron chi connectivity index (χ2n) is 5.08. The average molecular weight is 228 g/mol. The molecular formula is C13H28N2O. The normalized spacial score (nSPS) is 14.9. The van der Waals surface area contributed by atoms with Crippen LogP contribution in [0.5, 0.6) is 0 Å². The number of carbonyl (C=O) groups excluding carboxylic acids is 1. The first-order chi connectivity index (χ1) is 7.45.